The van der Waals surface area contributed by atoms with Crippen molar-refractivity contribution in [2.45, 2.75) is 25.3 Å². The summed E-state index contributed by atoms with van der Waals surface area (Å²) in [7, 11) is 0. The SMILES string of the molecule is O=C(COc1ccc2c(c1)NC(=O)CC2)NCC(CN1Cc2ccccc2C1=O)c1ccccc1. The van der Waals surface area contributed by atoms with Gasteiger partial charge in [-0.25, -0.2) is 0 Å². The van der Waals surface area contributed by atoms with Crippen molar-refractivity contribution in [2.24, 2.45) is 0 Å². The molecule has 178 valence electrons. The molecule has 2 aliphatic rings. The second-order valence-corrected chi connectivity index (χ2v) is 8.91. The number of amides is 3. The summed E-state index contributed by atoms with van der Waals surface area (Å²) in [5.41, 5.74) is 4.63. The lowest BCUT2D eigenvalue weighted by atomic mass is 9.98. The third-order valence-corrected chi connectivity index (χ3v) is 6.50. The van der Waals surface area contributed by atoms with E-state index in [-0.39, 0.29) is 30.2 Å². The highest BCUT2D eigenvalue weighted by molar-refractivity contribution is 5.98. The second-order valence-electron chi connectivity index (χ2n) is 8.91. The summed E-state index contributed by atoms with van der Waals surface area (Å²) in [6.07, 6.45) is 1.18. The summed E-state index contributed by atoms with van der Waals surface area (Å²) < 4.78 is 5.67. The van der Waals surface area contributed by atoms with Crippen LogP contribution in [0.25, 0.3) is 0 Å². The van der Waals surface area contributed by atoms with Crippen LogP contribution in [-0.4, -0.2) is 42.3 Å². The van der Waals surface area contributed by atoms with Crippen molar-refractivity contribution in [3.05, 3.63) is 95.1 Å². The van der Waals surface area contributed by atoms with Gasteiger partial charge in [-0.1, -0.05) is 54.6 Å². The summed E-state index contributed by atoms with van der Waals surface area (Å²) in [4.78, 5) is 38.9. The van der Waals surface area contributed by atoms with E-state index in [1.807, 2.05) is 71.6 Å². The third-order valence-electron chi connectivity index (χ3n) is 6.50. The lowest BCUT2D eigenvalue weighted by molar-refractivity contribution is -0.123. The van der Waals surface area contributed by atoms with E-state index in [0.717, 1.165) is 27.9 Å². The molecule has 5 rings (SSSR count). The molecule has 0 bridgehead atoms. The molecule has 2 N–H and O–H groups in total. The predicted octanol–water partition coefficient (Wildman–Crippen LogP) is 3.51. The highest BCUT2D eigenvalue weighted by Gasteiger charge is 2.29. The van der Waals surface area contributed by atoms with Crippen LogP contribution in [0.3, 0.4) is 0 Å². The Hall–Kier alpha value is -4.13. The van der Waals surface area contributed by atoms with E-state index in [1.165, 1.54) is 0 Å². The number of fused-ring (bicyclic) bond motifs is 2. The average molecular weight is 470 g/mol. The van der Waals surface area contributed by atoms with Gasteiger partial charge >= 0.3 is 0 Å². The van der Waals surface area contributed by atoms with Crippen LogP contribution in [0, 0.1) is 0 Å². The van der Waals surface area contributed by atoms with Crippen molar-refractivity contribution in [2.75, 3.05) is 25.0 Å². The van der Waals surface area contributed by atoms with E-state index < -0.39 is 0 Å². The molecular weight excluding hydrogens is 442 g/mol. The van der Waals surface area contributed by atoms with Crippen LogP contribution in [0.1, 0.15) is 39.4 Å². The number of aryl methyl sites for hydroxylation is 1. The fourth-order valence-electron chi connectivity index (χ4n) is 4.62. The molecule has 3 aromatic carbocycles. The molecular formula is C28H27N3O4. The smallest absolute Gasteiger partial charge is 0.257 e. The number of nitrogens with zero attached hydrogens (tertiary/aromatic N) is 1. The Morgan fingerprint density at radius 1 is 0.971 bits per heavy atom. The Morgan fingerprint density at radius 2 is 1.77 bits per heavy atom. The van der Waals surface area contributed by atoms with Crippen molar-refractivity contribution in [3.63, 3.8) is 0 Å². The molecule has 3 aromatic rings. The second kappa shape index (κ2) is 10.0. The molecule has 0 saturated heterocycles. The Morgan fingerprint density at radius 3 is 2.60 bits per heavy atom. The Labute approximate surface area is 204 Å². The quantitative estimate of drug-likeness (QED) is 0.529. The van der Waals surface area contributed by atoms with Gasteiger partial charge in [-0.2, -0.15) is 0 Å². The molecule has 0 aliphatic carbocycles. The first-order chi connectivity index (χ1) is 17.1. The van der Waals surface area contributed by atoms with Gasteiger partial charge < -0.3 is 20.3 Å². The fourth-order valence-corrected chi connectivity index (χ4v) is 4.62. The van der Waals surface area contributed by atoms with Crippen LogP contribution in [-0.2, 0) is 22.6 Å². The predicted molar refractivity (Wildman–Crippen MR) is 132 cm³/mol. The van der Waals surface area contributed by atoms with Crippen LogP contribution in [0.4, 0.5) is 5.69 Å². The molecule has 0 radical (unpaired) electrons. The number of rotatable bonds is 8. The molecule has 0 aromatic heterocycles. The lowest BCUT2D eigenvalue weighted by Crippen LogP contribution is -2.37. The molecule has 3 amide bonds. The third kappa shape index (κ3) is 5.19. The van der Waals surface area contributed by atoms with E-state index in [2.05, 4.69) is 10.6 Å². The summed E-state index contributed by atoms with van der Waals surface area (Å²) in [5.74, 6) is 0.233. The molecule has 7 nitrogen and oxygen atoms in total. The van der Waals surface area contributed by atoms with E-state index in [9.17, 15) is 14.4 Å². The van der Waals surface area contributed by atoms with Crippen LogP contribution in [0.2, 0.25) is 0 Å². The van der Waals surface area contributed by atoms with Gasteiger partial charge in [0.1, 0.15) is 5.75 Å². The lowest BCUT2D eigenvalue weighted by Gasteiger charge is -2.24. The van der Waals surface area contributed by atoms with Gasteiger partial charge in [-0.05, 0) is 35.2 Å². The molecule has 1 atom stereocenters. The molecule has 2 aliphatic heterocycles. The van der Waals surface area contributed by atoms with E-state index in [0.29, 0.717) is 38.2 Å². The maximum Gasteiger partial charge on any atom is 0.257 e. The average Bonchev–Trinajstić information content (AvgIpc) is 3.20. The minimum atomic E-state index is -0.247. The summed E-state index contributed by atoms with van der Waals surface area (Å²) in [6.45, 7) is 1.32. The normalized spacial score (nSPS) is 15.1. The highest BCUT2D eigenvalue weighted by atomic mass is 16.5. The monoisotopic (exact) mass is 469 g/mol. The number of carbonyl (C=O) groups excluding carboxylic acids is 3. The van der Waals surface area contributed by atoms with Crippen molar-refractivity contribution < 1.29 is 19.1 Å². The standard InChI is InChI=1S/C28H27N3O4/c32-26-13-11-20-10-12-23(14-25(20)30-26)35-18-27(33)29-15-22(19-6-2-1-3-7-19)17-31-16-21-8-4-5-9-24(21)28(31)34/h1-10,12,14,22H,11,13,15-18H2,(H,29,33)(H,30,32). The van der Waals surface area contributed by atoms with Gasteiger partial charge in [-0.15, -0.1) is 0 Å². The molecule has 0 saturated carbocycles. The van der Waals surface area contributed by atoms with Crippen LogP contribution >= 0.6 is 0 Å². The van der Waals surface area contributed by atoms with Crippen LogP contribution in [0.5, 0.6) is 5.75 Å². The maximum absolute atomic E-state index is 12.9. The number of hydrogen-bond acceptors (Lipinski definition) is 4. The van der Waals surface area contributed by atoms with Gasteiger partial charge in [-0.3, -0.25) is 14.4 Å². The fraction of sp³-hybridized carbons (Fsp3) is 0.250. The largest absolute Gasteiger partial charge is 0.484 e. The molecule has 7 heteroatoms. The number of anilines is 1. The number of carbonyl (C=O) groups is 3. The van der Waals surface area contributed by atoms with Crippen molar-refractivity contribution in [1.29, 1.82) is 0 Å². The molecule has 0 spiro atoms. The van der Waals surface area contributed by atoms with Gasteiger partial charge in [0.05, 0.1) is 0 Å². The van der Waals surface area contributed by atoms with Crippen molar-refractivity contribution in [1.82, 2.24) is 10.2 Å². The van der Waals surface area contributed by atoms with Gasteiger partial charge in [0.15, 0.2) is 6.61 Å². The number of benzene rings is 3. The minimum Gasteiger partial charge on any atom is -0.484 e. The molecule has 0 fully saturated rings. The topological polar surface area (TPSA) is 87.7 Å². The first kappa shape index (κ1) is 22.7. The number of hydrogen-bond donors (Lipinski definition) is 2. The molecule has 2 heterocycles. The van der Waals surface area contributed by atoms with Crippen LogP contribution in [0.15, 0.2) is 72.8 Å². The Bertz CT molecular complexity index is 1260. The van der Waals surface area contributed by atoms with Crippen LogP contribution < -0.4 is 15.4 Å². The van der Waals surface area contributed by atoms with E-state index in [4.69, 9.17) is 4.74 Å². The highest BCUT2D eigenvalue weighted by Crippen LogP contribution is 2.28. The van der Waals surface area contributed by atoms with Gasteiger partial charge in [0.25, 0.3) is 11.8 Å². The summed E-state index contributed by atoms with van der Waals surface area (Å²) in [6, 6.07) is 23.1. The zero-order chi connectivity index (χ0) is 24.2. The number of nitrogens with one attached hydrogen (secondary N) is 2. The van der Waals surface area contributed by atoms with Gasteiger partial charge in [0.2, 0.25) is 5.91 Å². The summed E-state index contributed by atoms with van der Waals surface area (Å²) >= 11 is 0. The van der Waals surface area contributed by atoms with Crippen molar-refractivity contribution in [3.8, 4) is 5.75 Å². The minimum absolute atomic E-state index is 0.0149. The zero-order valence-electron chi connectivity index (χ0n) is 19.3. The van der Waals surface area contributed by atoms with Gasteiger partial charge in [0, 0.05) is 49.3 Å². The number of ether oxygens (including phenoxy) is 1. The first-order valence-corrected chi connectivity index (χ1v) is 11.8. The Balaban J connectivity index is 1.19. The summed E-state index contributed by atoms with van der Waals surface area (Å²) in [5, 5.41) is 5.80. The van der Waals surface area contributed by atoms with E-state index >= 15 is 0 Å². The van der Waals surface area contributed by atoms with E-state index in [1.54, 1.807) is 6.07 Å². The first-order valence-electron chi connectivity index (χ1n) is 11.8. The maximum atomic E-state index is 12.9. The zero-order valence-corrected chi connectivity index (χ0v) is 19.3. The Kier molecular flexibility index (Phi) is 6.48. The molecule has 35 heavy (non-hydrogen) atoms. The molecule has 1 unspecified atom stereocenters. The van der Waals surface area contributed by atoms with Crippen molar-refractivity contribution >= 4 is 23.4 Å².